The van der Waals surface area contributed by atoms with E-state index in [4.69, 9.17) is 32.9 Å². The third-order valence-electron chi connectivity index (χ3n) is 8.48. The number of aromatic nitrogens is 2. The second kappa shape index (κ2) is 13.9. The summed E-state index contributed by atoms with van der Waals surface area (Å²) in [6, 6.07) is 13.7. The third kappa shape index (κ3) is 7.70. The van der Waals surface area contributed by atoms with Gasteiger partial charge in [-0.1, -0.05) is 41.4 Å². The number of hydrogen-bond donors (Lipinski definition) is 1. The summed E-state index contributed by atoms with van der Waals surface area (Å²) in [4.78, 5) is 31.9. The monoisotopic (exact) mass is 596 g/mol. The second-order valence-corrected chi connectivity index (χ2v) is 12.1. The van der Waals surface area contributed by atoms with Crippen LogP contribution < -0.4 is 5.32 Å². The Kier molecular flexibility index (Phi) is 10.0. The fourth-order valence-corrected chi connectivity index (χ4v) is 6.52. The zero-order chi connectivity index (χ0) is 28.8. The third-order valence-corrected chi connectivity index (χ3v) is 9.22. The standard InChI is InChI=1S/C32H38Cl2N4O3/c1-41-31(40)16-19-38-29-5-3-2-4-28(29)36-32(38)24-14-17-37(18-15-24)21-23-6-10-25(11-7-23)35-30(39)13-9-22-8-12-26(33)27(34)20-22/h2-5,8-9,12-13,20,23-25H,6-7,10-11,14-19,21H2,1H3,(H,35,39)/b13-9+. The molecule has 0 unspecified atom stereocenters. The van der Waals surface area contributed by atoms with Crippen LogP contribution in [0.5, 0.6) is 0 Å². The van der Waals surface area contributed by atoms with Crippen molar-refractivity contribution < 1.29 is 14.3 Å². The molecule has 1 aliphatic carbocycles. The van der Waals surface area contributed by atoms with Crippen molar-refractivity contribution in [1.82, 2.24) is 19.8 Å². The Hall–Kier alpha value is -2.87. The molecular formula is C32H38Cl2N4O3. The van der Waals surface area contributed by atoms with Gasteiger partial charge in [-0.2, -0.15) is 0 Å². The summed E-state index contributed by atoms with van der Waals surface area (Å²) >= 11 is 12.0. The average Bonchev–Trinajstić information content (AvgIpc) is 3.36. The molecule has 1 amide bonds. The number of aryl methyl sites for hydroxylation is 1. The minimum atomic E-state index is -0.197. The van der Waals surface area contributed by atoms with Crippen LogP contribution in [0.2, 0.25) is 10.0 Å². The van der Waals surface area contributed by atoms with Crippen molar-refractivity contribution in [2.45, 2.75) is 63.5 Å². The van der Waals surface area contributed by atoms with E-state index in [1.165, 1.54) is 7.11 Å². The molecule has 5 rings (SSSR count). The first kappa shape index (κ1) is 29.6. The van der Waals surface area contributed by atoms with Gasteiger partial charge >= 0.3 is 5.97 Å². The predicted molar refractivity (Wildman–Crippen MR) is 164 cm³/mol. The highest BCUT2D eigenvalue weighted by molar-refractivity contribution is 6.42. The van der Waals surface area contributed by atoms with Gasteiger partial charge in [0.1, 0.15) is 5.82 Å². The molecule has 41 heavy (non-hydrogen) atoms. The average molecular weight is 598 g/mol. The lowest BCUT2D eigenvalue weighted by Gasteiger charge is -2.36. The summed E-state index contributed by atoms with van der Waals surface area (Å²) in [5.41, 5.74) is 2.92. The van der Waals surface area contributed by atoms with Gasteiger partial charge in [0.2, 0.25) is 5.91 Å². The summed E-state index contributed by atoms with van der Waals surface area (Å²) < 4.78 is 7.11. The highest BCUT2D eigenvalue weighted by Crippen LogP contribution is 2.32. The number of esters is 1. The number of likely N-dealkylation sites (tertiary alicyclic amines) is 1. The summed E-state index contributed by atoms with van der Waals surface area (Å²) in [5, 5.41) is 4.15. The molecule has 0 atom stereocenters. The normalized spacial score (nSPS) is 20.5. The van der Waals surface area contributed by atoms with Crippen LogP contribution in [0.25, 0.3) is 17.1 Å². The van der Waals surface area contributed by atoms with Crippen molar-refractivity contribution >= 4 is 52.2 Å². The molecule has 218 valence electrons. The van der Waals surface area contributed by atoms with Crippen LogP contribution >= 0.6 is 23.2 Å². The first-order valence-electron chi connectivity index (χ1n) is 14.6. The largest absolute Gasteiger partial charge is 0.469 e. The number of nitrogens with one attached hydrogen (secondary N) is 1. The first-order valence-corrected chi connectivity index (χ1v) is 15.3. The lowest BCUT2D eigenvalue weighted by Crippen LogP contribution is -2.41. The van der Waals surface area contributed by atoms with Crippen LogP contribution in [0.3, 0.4) is 0 Å². The SMILES string of the molecule is COC(=O)CCn1c(C2CCN(CC3CCC(NC(=O)/C=C/c4ccc(Cl)c(Cl)c4)CC3)CC2)nc2ccccc21. The Morgan fingerprint density at radius 1 is 1.02 bits per heavy atom. The molecule has 2 aromatic carbocycles. The van der Waals surface area contributed by atoms with Crippen molar-refractivity contribution in [1.29, 1.82) is 0 Å². The topological polar surface area (TPSA) is 76.5 Å². The van der Waals surface area contributed by atoms with Crippen molar-refractivity contribution in [3.05, 3.63) is 70.0 Å². The van der Waals surface area contributed by atoms with E-state index in [1.807, 2.05) is 24.3 Å². The fourth-order valence-electron chi connectivity index (χ4n) is 6.21. The van der Waals surface area contributed by atoms with Gasteiger partial charge in [-0.05, 0) is 93.4 Å². The maximum atomic E-state index is 12.5. The molecule has 0 radical (unpaired) electrons. The number of ether oxygens (including phenoxy) is 1. The molecule has 9 heteroatoms. The van der Waals surface area contributed by atoms with Crippen LogP contribution in [0, 0.1) is 5.92 Å². The first-order chi connectivity index (χ1) is 19.9. The summed E-state index contributed by atoms with van der Waals surface area (Å²) in [5.74, 6) is 1.88. The Labute approximate surface area is 251 Å². The van der Waals surface area contributed by atoms with E-state index >= 15 is 0 Å². The summed E-state index contributed by atoms with van der Waals surface area (Å²) in [6.45, 7) is 3.82. The summed E-state index contributed by atoms with van der Waals surface area (Å²) in [6.07, 6.45) is 10.1. The highest BCUT2D eigenvalue weighted by Gasteiger charge is 2.29. The lowest BCUT2D eigenvalue weighted by atomic mass is 9.85. The minimum Gasteiger partial charge on any atom is -0.469 e. The van der Waals surface area contributed by atoms with Crippen molar-refractivity contribution in [2.24, 2.45) is 5.92 Å². The van der Waals surface area contributed by atoms with E-state index in [2.05, 4.69) is 20.9 Å². The molecule has 1 N–H and O–H groups in total. The highest BCUT2D eigenvalue weighted by atomic mass is 35.5. The Morgan fingerprint density at radius 2 is 1.78 bits per heavy atom. The van der Waals surface area contributed by atoms with E-state index in [0.29, 0.717) is 34.8 Å². The number of carbonyl (C=O) groups is 2. The van der Waals surface area contributed by atoms with Crippen LogP contribution in [-0.4, -0.2) is 59.1 Å². The predicted octanol–water partition coefficient (Wildman–Crippen LogP) is 6.47. The number of carbonyl (C=O) groups excluding carboxylic acids is 2. The number of benzene rings is 2. The Balaban J connectivity index is 1.07. The zero-order valence-corrected chi connectivity index (χ0v) is 25.0. The van der Waals surface area contributed by atoms with E-state index in [-0.39, 0.29) is 17.9 Å². The van der Waals surface area contributed by atoms with Gasteiger partial charge in [0.25, 0.3) is 0 Å². The van der Waals surface area contributed by atoms with E-state index in [1.54, 1.807) is 24.3 Å². The van der Waals surface area contributed by atoms with E-state index in [0.717, 1.165) is 80.6 Å². The Morgan fingerprint density at radius 3 is 2.51 bits per heavy atom. The molecule has 2 aliphatic rings. The second-order valence-electron chi connectivity index (χ2n) is 11.2. The number of methoxy groups -OCH3 is 1. The fraction of sp³-hybridized carbons (Fsp3) is 0.469. The number of hydrogen-bond acceptors (Lipinski definition) is 5. The van der Waals surface area contributed by atoms with Crippen LogP contribution in [0.15, 0.2) is 48.5 Å². The molecule has 1 aromatic heterocycles. The number of imidazole rings is 1. The van der Waals surface area contributed by atoms with Crippen LogP contribution in [0.4, 0.5) is 0 Å². The van der Waals surface area contributed by atoms with Gasteiger partial charge in [0.15, 0.2) is 0 Å². The summed E-state index contributed by atoms with van der Waals surface area (Å²) in [7, 11) is 1.44. The molecule has 1 saturated carbocycles. The smallest absolute Gasteiger partial charge is 0.307 e. The van der Waals surface area contributed by atoms with E-state index < -0.39 is 0 Å². The van der Waals surface area contributed by atoms with Gasteiger partial charge in [-0.25, -0.2) is 4.98 Å². The van der Waals surface area contributed by atoms with E-state index in [9.17, 15) is 9.59 Å². The molecule has 0 spiro atoms. The molecule has 2 fully saturated rings. The van der Waals surface area contributed by atoms with Gasteiger partial charge in [0, 0.05) is 31.1 Å². The number of rotatable bonds is 9. The number of fused-ring (bicyclic) bond motifs is 1. The quantitative estimate of drug-likeness (QED) is 0.226. The molecular weight excluding hydrogens is 559 g/mol. The van der Waals surface area contributed by atoms with Gasteiger partial charge in [-0.15, -0.1) is 0 Å². The molecule has 1 aliphatic heterocycles. The number of halogens is 2. The van der Waals surface area contributed by atoms with Crippen molar-refractivity contribution in [3.8, 4) is 0 Å². The zero-order valence-electron chi connectivity index (χ0n) is 23.5. The maximum absolute atomic E-state index is 12.5. The van der Waals surface area contributed by atoms with Crippen molar-refractivity contribution in [3.63, 3.8) is 0 Å². The van der Waals surface area contributed by atoms with Crippen LogP contribution in [-0.2, 0) is 20.9 Å². The van der Waals surface area contributed by atoms with Gasteiger partial charge in [-0.3, -0.25) is 9.59 Å². The van der Waals surface area contributed by atoms with Crippen molar-refractivity contribution in [2.75, 3.05) is 26.7 Å². The number of piperidine rings is 1. The van der Waals surface area contributed by atoms with Gasteiger partial charge in [0.05, 0.1) is 34.6 Å². The molecule has 0 bridgehead atoms. The number of nitrogens with zero attached hydrogens (tertiary/aromatic N) is 3. The Bertz CT molecular complexity index is 1390. The molecule has 1 saturated heterocycles. The van der Waals surface area contributed by atoms with Gasteiger partial charge < -0.3 is 19.5 Å². The minimum absolute atomic E-state index is 0.0702. The molecule has 7 nitrogen and oxygen atoms in total. The number of para-hydroxylation sites is 2. The molecule has 2 heterocycles. The number of amides is 1. The maximum Gasteiger partial charge on any atom is 0.307 e. The molecule has 3 aromatic rings. The lowest BCUT2D eigenvalue weighted by molar-refractivity contribution is -0.140. The van der Waals surface area contributed by atoms with Crippen LogP contribution in [0.1, 0.15) is 62.3 Å².